The van der Waals surface area contributed by atoms with Crippen LogP contribution in [0.2, 0.25) is 0 Å². The molecule has 3 aromatic rings. The normalized spacial score (nSPS) is 11.8. The molecule has 2 N–H and O–H groups in total. The van der Waals surface area contributed by atoms with Gasteiger partial charge in [-0.1, -0.05) is 101 Å². The van der Waals surface area contributed by atoms with Crippen molar-refractivity contribution in [2.45, 2.75) is 88.6 Å². The number of fused-ring (bicyclic) bond motifs is 1. The average Bonchev–Trinajstić information content (AvgIpc) is 2.85. The van der Waals surface area contributed by atoms with E-state index < -0.39 is 10.1 Å². The van der Waals surface area contributed by atoms with Gasteiger partial charge in [-0.2, -0.15) is 8.42 Å². The minimum absolute atomic E-state index is 0.0157. The first-order chi connectivity index (χ1) is 16.7. The predicted molar refractivity (Wildman–Crippen MR) is 151 cm³/mol. The highest BCUT2D eigenvalue weighted by atomic mass is 32.2. The number of phenols is 1. The fourth-order valence-electron chi connectivity index (χ4n) is 4.45. The molecule has 0 aromatic heterocycles. The van der Waals surface area contributed by atoms with Gasteiger partial charge in [-0.3, -0.25) is 4.55 Å². The predicted octanol–water partition coefficient (Wildman–Crippen LogP) is 8.27. The molecule has 0 heterocycles. The van der Waals surface area contributed by atoms with Crippen molar-refractivity contribution in [3.8, 4) is 5.75 Å². The third kappa shape index (κ3) is 8.31. The fraction of sp³-hybridized carbons (Fsp3) is 0.448. The lowest BCUT2D eigenvalue weighted by atomic mass is 9.84. The molecule has 0 spiro atoms. The highest BCUT2D eigenvalue weighted by Crippen LogP contribution is 2.43. The molecule has 0 saturated heterocycles. The van der Waals surface area contributed by atoms with Gasteiger partial charge in [0.2, 0.25) is 0 Å². The van der Waals surface area contributed by atoms with Gasteiger partial charge in [0.15, 0.2) is 0 Å². The molecule has 0 radical (unpaired) electrons. The van der Waals surface area contributed by atoms with Gasteiger partial charge in [-0.25, -0.2) is 0 Å². The van der Waals surface area contributed by atoms with Crippen molar-refractivity contribution in [3.63, 3.8) is 0 Å². The Hall–Kier alpha value is -1.94. The topological polar surface area (TPSA) is 74.6 Å². The second kappa shape index (κ2) is 14.0. The summed E-state index contributed by atoms with van der Waals surface area (Å²) in [4.78, 5) is -0.198. The number of hydrogen-bond acceptors (Lipinski definition) is 3. The molecule has 3 rings (SSSR count). The number of benzene rings is 3. The summed E-state index contributed by atoms with van der Waals surface area (Å²) in [5, 5.41) is 10.5. The Balaban J connectivity index is 0.000000256. The van der Waals surface area contributed by atoms with Crippen molar-refractivity contribution < 1.29 is 18.1 Å². The van der Waals surface area contributed by atoms with E-state index in [-0.39, 0.29) is 10.6 Å². The molecule has 0 aliphatic rings. The first-order valence-corrected chi connectivity index (χ1v) is 14.7. The van der Waals surface area contributed by atoms with Gasteiger partial charge in [0.25, 0.3) is 10.1 Å². The highest BCUT2D eigenvalue weighted by molar-refractivity contribution is 7.86. The first-order valence-electron chi connectivity index (χ1n) is 12.7. The Morgan fingerprint density at radius 3 is 1.89 bits per heavy atom. The average molecular weight is 517 g/mol. The van der Waals surface area contributed by atoms with Gasteiger partial charge < -0.3 is 5.11 Å². The summed E-state index contributed by atoms with van der Waals surface area (Å²) in [5.74, 6) is -0.0157. The quantitative estimate of drug-likeness (QED) is 0.199. The van der Waals surface area contributed by atoms with Crippen LogP contribution in [0.25, 0.3) is 10.8 Å². The van der Waals surface area contributed by atoms with Crippen molar-refractivity contribution in [1.82, 2.24) is 0 Å². The number of unbranched alkanes of at least 4 members (excludes halogenated alkanes) is 3. The lowest BCUT2D eigenvalue weighted by molar-refractivity contribution is 0.476. The minimum atomic E-state index is -4.26. The van der Waals surface area contributed by atoms with E-state index in [1.807, 2.05) is 0 Å². The Morgan fingerprint density at radius 2 is 1.31 bits per heavy atom. The molecule has 0 aliphatic heterocycles. The summed E-state index contributed by atoms with van der Waals surface area (Å²) >= 11 is 0. The lowest BCUT2D eigenvalue weighted by Gasteiger charge is -2.32. The number of aryl methyl sites for hydroxylation is 1. The summed E-state index contributed by atoms with van der Waals surface area (Å²) in [6.45, 7) is 6.88. The second-order valence-corrected chi connectivity index (χ2v) is 11.7. The molecular formula is C29H41O4PS. The van der Waals surface area contributed by atoms with Gasteiger partial charge in [0.1, 0.15) is 10.6 Å². The zero-order valence-corrected chi connectivity index (χ0v) is 23.3. The summed E-state index contributed by atoms with van der Waals surface area (Å²) in [6, 6.07) is 18.0. The molecule has 0 amide bonds. The van der Waals surface area contributed by atoms with E-state index in [4.69, 9.17) is 4.55 Å². The van der Waals surface area contributed by atoms with Crippen LogP contribution in [0.5, 0.6) is 5.75 Å². The SMILES string of the molecule is CCCCc1ccccc1C(P)(CCCC)CCCC.O=S(=O)(O)c1ccc(O)c2ccccc12. The third-order valence-electron chi connectivity index (χ3n) is 6.45. The van der Waals surface area contributed by atoms with Crippen LogP contribution in [0.15, 0.2) is 65.6 Å². The van der Waals surface area contributed by atoms with Crippen LogP contribution < -0.4 is 0 Å². The molecule has 1 atom stereocenters. The minimum Gasteiger partial charge on any atom is -0.507 e. The number of rotatable bonds is 11. The van der Waals surface area contributed by atoms with Crippen molar-refractivity contribution in [3.05, 3.63) is 71.8 Å². The summed E-state index contributed by atoms with van der Waals surface area (Å²) in [6.07, 6.45) is 11.7. The first kappa shape index (κ1) is 29.3. The molecule has 35 heavy (non-hydrogen) atoms. The molecule has 192 valence electrons. The maximum atomic E-state index is 11.0. The largest absolute Gasteiger partial charge is 0.507 e. The molecule has 6 heteroatoms. The maximum Gasteiger partial charge on any atom is 0.295 e. The number of aromatic hydroxyl groups is 1. The van der Waals surface area contributed by atoms with Crippen LogP contribution in [-0.2, 0) is 21.7 Å². The van der Waals surface area contributed by atoms with Crippen LogP contribution in [0, 0.1) is 0 Å². The second-order valence-electron chi connectivity index (χ2n) is 9.23. The van der Waals surface area contributed by atoms with Gasteiger partial charge in [0, 0.05) is 15.9 Å². The van der Waals surface area contributed by atoms with Crippen LogP contribution in [0.4, 0.5) is 0 Å². The van der Waals surface area contributed by atoms with Gasteiger partial charge in [-0.05, 0) is 48.9 Å². The zero-order chi connectivity index (χ0) is 25.9. The highest BCUT2D eigenvalue weighted by Gasteiger charge is 2.27. The van der Waals surface area contributed by atoms with Gasteiger partial charge >= 0.3 is 0 Å². The molecule has 4 nitrogen and oxygen atoms in total. The van der Waals surface area contributed by atoms with Crippen molar-refractivity contribution >= 4 is 30.1 Å². The Kier molecular flexibility index (Phi) is 11.7. The van der Waals surface area contributed by atoms with Gasteiger partial charge in [-0.15, -0.1) is 9.24 Å². The summed E-state index contributed by atoms with van der Waals surface area (Å²) in [5.41, 5.74) is 3.18. The Morgan fingerprint density at radius 1 is 0.771 bits per heavy atom. The standard InChI is InChI=1S/C19H33P.C10H8O4S/c1-4-7-12-17-13-10-11-14-18(17)19(20,15-8-5-2)16-9-6-3;11-9-5-6-10(15(12,13)14)8-4-2-1-3-7(8)9/h10-11,13-14H,4-9,12,15-16,20H2,1-3H3;1-6,11H,(H,12,13,14). The molecule has 1 unspecified atom stereocenters. The van der Waals surface area contributed by atoms with E-state index in [0.717, 1.165) is 0 Å². The summed E-state index contributed by atoms with van der Waals surface area (Å²) in [7, 11) is -1.03. The van der Waals surface area contributed by atoms with E-state index in [2.05, 4.69) is 54.3 Å². The fourth-order valence-corrected chi connectivity index (χ4v) is 5.84. The van der Waals surface area contributed by atoms with Crippen LogP contribution in [-0.4, -0.2) is 18.1 Å². The molecule has 0 saturated carbocycles. The molecule has 0 aliphatic carbocycles. The number of phenolic OH excluding ortho intramolecular Hbond substituents is 1. The monoisotopic (exact) mass is 516 g/mol. The van der Waals surface area contributed by atoms with E-state index in [9.17, 15) is 13.5 Å². The van der Waals surface area contributed by atoms with Crippen LogP contribution in [0.1, 0.15) is 83.3 Å². The molecule has 0 fully saturated rings. The zero-order valence-electron chi connectivity index (χ0n) is 21.3. The van der Waals surface area contributed by atoms with Gasteiger partial charge in [0.05, 0.1) is 0 Å². The molecule has 0 bridgehead atoms. The van der Waals surface area contributed by atoms with Crippen molar-refractivity contribution in [1.29, 1.82) is 0 Å². The van der Waals surface area contributed by atoms with E-state index in [1.165, 1.54) is 76.0 Å². The molecule has 3 aromatic carbocycles. The molecular weight excluding hydrogens is 475 g/mol. The third-order valence-corrected chi connectivity index (χ3v) is 8.25. The van der Waals surface area contributed by atoms with Crippen molar-refractivity contribution in [2.24, 2.45) is 0 Å². The Labute approximate surface area is 214 Å². The van der Waals surface area contributed by atoms with Crippen LogP contribution in [0.3, 0.4) is 0 Å². The Bertz CT molecular complexity index is 1170. The van der Waals surface area contributed by atoms with E-state index in [0.29, 0.717) is 15.9 Å². The lowest BCUT2D eigenvalue weighted by Crippen LogP contribution is -2.20. The van der Waals surface area contributed by atoms with E-state index >= 15 is 0 Å². The smallest absolute Gasteiger partial charge is 0.295 e. The number of hydrogen-bond donors (Lipinski definition) is 2. The summed E-state index contributed by atoms with van der Waals surface area (Å²) < 4.78 is 31.0. The maximum absolute atomic E-state index is 11.0. The van der Waals surface area contributed by atoms with Crippen molar-refractivity contribution in [2.75, 3.05) is 0 Å². The van der Waals surface area contributed by atoms with Crippen LogP contribution >= 0.6 is 9.24 Å². The van der Waals surface area contributed by atoms with E-state index in [1.54, 1.807) is 29.3 Å².